The highest BCUT2D eigenvalue weighted by Gasteiger charge is 2.25. The van der Waals surface area contributed by atoms with Crippen LogP contribution in [0.2, 0.25) is 0 Å². The molecule has 1 unspecified atom stereocenters. The Hall–Kier alpha value is -2.24. The Morgan fingerprint density at radius 2 is 2.08 bits per heavy atom. The molecule has 25 heavy (non-hydrogen) atoms. The van der Waals surface area contributed by atoms with Gasteiger partial charge in [-0.15, -0.1) is 0 Å². The summed E-state index contributed by atoms with van der Waals surface area (Å²) in [7, 11) is 0. The molecule has 6 heteroatoms. The Morgan fingerprint density at radius 3 is 2.80 bits per heavy atom. The Kier molecular flexibility index (Phi) is 5.46. The van der Waals surface area contributed by atoms with E-state index in [2.05, 4.69) is 28.1 Å². The second-order valence-electron chi connectivity index (χ2n) is 7.02. The summed E-state index contributed by atoms with van der Waals surface area (Å²) in [5, 5.41) is 4.46. The molecule has 0 bridgehead atoms. The van der Waals surface area contributed by atoms with E-state index in [0.29, 0.717) is 12.3 Å². The minimum Gasteiger partial charge on any atom is -0.342 e. The van der Waals surface area contributed by atoms with Crippen LogP contribution in [0.4, 0.5) is 0 Å². The van der Waals surface area contributed by atoms with Crippen molar-refractivity contribution >= 4 is 5.91 Å². The maximum atomic E-state index is 12.6. The van der Waals surface area contributed by atoms with Gasteiger partial charge in [-0.1, -0.05) is 0 Å². The molecule has 1 saturated heterocycles. The number of aromatic nitrogens is 4. The quantitative estimate of drug-likeness (QED) is 0.839. The lowest BCUT2D eigenvalue weighted by Crippen LogP contribution is -2.39. The van der Waals surface area contributed by atoms with E-state index in [-0.39, 0.29) is 5.91 Å². The van der Waals surface area contributed by atoms with E-state index in [1.165, 1.54) is 0 Å². The molecule has 0 radical (unpaired) electrons. The standard InChI is InChI=1S/C19H27N5O/c1-14-10-16(3)24(22-14)9-5-7-19(25)23-8-4-6-17(13-23)18-12-20-11-15(2)21-18/h10-12,17H,4-9,13H2,1-3H3. The molecule has 0 saturated carbocycles. The Labute approximate surface area is 149 Å². The molecular formula is C19H27N5O. The largest absolute Gasteiger partial charge is 0.342 e. The minimum atomic E-state index is 0.242. The molecule has 0 N–H and O–H groups in total. The molecule has 2 aromatic heterocycles. The van der Waals surface area contributed by atoms with Crippen molar-refractivity contribution in [2.24, 2.45) is 0 Å². The number of likely N-dealkylation sites (tertiary alicyclic amines) is 1. The molecule has 3 heterocycles. The van der Waals surface area contributed by atoms with Gasteiger partial charge >= 0.3 is 0 Å². The molecule has 1 aliphatic rings. The molecular weight excluding hydrogens is 314 g/mol. The van der Waals surface area contributed by atoms with Crippen molar-refractivity contribution in [3.8, 4) is 0 Å². The van der Waals surface area contributed by atoms with Crippen LogP contribution in [-0.4, -0.2) is 43.6 Å². The lowest BCUT2D eigenvalue weighted by Gasteiger charge is -2.32. The molecule has 1 atom stereocenters. The van der Waals surface area contributed by atoms with Crippen LogP contribution in [-0.2, 0) is 11.3 Å². The highest BCUT2D eigenvalue weighted by molar-refractivity contribution is 5.76. The zero-order valence-electron chi connectivity index (χ0n) is 15.4. The highest BCUT2D eigenvalue weighted by atomic mass is 16.2. The molecule has 0 spiro atoms. The summed E-state index contributed by atoms with van der Waals surface area (Å²) in [4.78, 5) is 23.4. The zero-order chi connectivity index (χ0) is 17.8. The predicted molar refractivity (Wildman–Crippen MR) is 96.3 cm³/mol. The molecule has 1 aliphatic heterocycles. The fourth-order valence-electron chi connectivity index (χ4n) is 3.56. The second-order valence-corrected chi connectivity index (χ2v) is 7.02. The molecule has 6 nitrogen and oxygen atoms in total. The summed E-state index contributed by atoms with van der Waals surface area (Å²) in [5.41, 5.74) is 4.13. The van der Waals surface area contributed by atoms with Crippen molar-refractivity contribution < 1.29 is 4.79 Å². The van der Waals surface area contributed by atoms with Gasteiger partial charge in [-0.25, -0.2) is 0 Å². The topological polar surface area (TPSA) is 63.9 Å². The Balaban J connectivity index is 1.52. The summed E-state index contributed by atoms with van der Waals surface area (Å²) >= 11 is 0. The van der Waals surface area contributed by atoms with Crippen molar-refractivity contribution in [1.29, 1.82) is 0 Å². The van der Waals surface area contributed by atoms with Crippen molar-refractivity contribution in [1.82, 2.24) is 24.6 Å². The number of hydrogen-bond donors (Lipinski definition) is 0. The van der Waals surface area contributed by atoms with Crippen LogP contribution in [0.3, 0.4) is 0 Å². The smallest absolute Gasteiger partial charge is 0.222 e. The first-order valence-electron chi connectivity index (χ1n) is 9.10. The Bertz CT molecular complexity index is 739. The van der Waals surface area contributed by atoms with E-state index in [4.69, 9.17) is 0 Å². The average molecular weight is 341 g/mol. The van der Waals surface area contributed by atoms with E-state index < -0.39 is 0 Å². The van der Waals surface area contributed by atoms with Crippen molar-refractivity contribution in [2.75, 3.05) is 13.1 Å². The Morgan fingerprint density at radius 1 is 1.24 bits per heavy atom. The molecule has 0 aliphatic carbocycles. The molecule has 1 fully saturated rings. The van der Waals surface area contributed by atoms with Crippen molar-refractivity contribution in [3.63, 3.8) is 0 Å². The second kappa shape index (κ2) is 7.76. The SMILES string of the molecule is Cc1cncc(C2CCCN(C(=O)CCCn3nc(C)cc3C)C2)n1. The number of hydrogen-bond acceptors (Lipinski definition) is 4. The third kappa shape index (κ3) is 4.44. The molecule has 2 aromatic rings. The van der Waals surface area contributed by atoms with Crippen LogP contribution in [0.5, 0.6) is 0 Å². The maximum Gasteiger partial charge on any atom is 0.222 e. The van der Waals surface area contributed by atoms with Crippen LogP contribution in [0, 0.1) is 20.8 Å². The van der Waals surface area contributed by atoms with Crippen LogP contribution in [0.15, 0.2) is 18.5 Å². The van der Waals surface area contributed by atoms with Crippen LogP contribution in [0.25, 0.3) is 0 Å². The molecule has 134 valence electrons. The van der Waals surface area contributed by atoms with Gasteiger partial charge in [0.05, 0.1) is 17.1 Å². The summed E-state index contributed by atoms with van der Waals surface area (Å²) in [6, 6.07) is 2.07. The van der Waals surface area contributed by atoms with E-state index in [1.54, 1.807) is 6.20 Å². The number of aryl methyl sites for hydroxylation is 4. The monoisotopic (exact) mass is 341 g/mol. The maximum absolute atomic E-state index is 12.6. The van der Waals surface area contributed by atoms with E-state index in [9.17, 15) is 4.79 Å². The van der Waals surface area contributed by atoms with E-state index in [0.717, 1.165) is 61.7 Å². The highest BCUT2D eigenvalue weighted by Crippen LogP contribution is 2.25. The van der Waals surface area contributed by atoms with Gasteiger partial charge < -0.3 is 4.90 Å². The number of piperidine rings is 1. The lowest BCUT2D eigenvalue weighted by atomic mass is 9.94. The van der Waals surface area contributed by atoms with Gasteiger partial charge in [0.2, 0.25) is 5.91 Å². The van der Waals surface area contributed by atoms with Gasteiger partial charge in [0.15, 0.2) is 0 Å². The lowest BCUT2D eigenvalue weighted by molar-refractivity contribution is -0.132. The first-order valence-corrected chi connectivity index (χ1v) is 9.10. The molecule has 3 rings (SSSR count). The molecule has 0 aromatic carbocycles. The number of amides is 1. The third-order valence-electron chi connectivity index (χ3n) is 4.83. The van der Waals surface area contributed by atoms with Gasteiger partial charge in [0.1, 0.15) is 0 Å². The van der Waals surface area contributed by atoms with Crippen LogP contribution >= 0.6 is 0 Å². The van der Waals surface area contributed by atoms with Gasteiger partial charge in [0, 0.05) is 50.1 Å². The fraction of sp³-hybridized carbons (Fsp3) is 0.579. The minimum absolute atomic E-state index is 0.242. The predicted octanol–water partition coefficient (Wildman–Crippen LogP) is 2.78. The van der Waals surface area contributed by atoms with Crippen LogP contribution < -0.4 is 0 Å². The van der Waals surface area contributed by atoms with Gasteiger partial charge in [-0.3, -0.25) is 19.4 Å². The normalized spacial score (nSPS) is 17.7. The van der Waals surface area contributed by atoms with Crippen LogP contribution in [0.1, 0.15) is 54.4 Å². The van der Waals surface area contributed by atoms with Gasteiger partial charge in [-0.2, -0.15) is 5.10 Å². The summed E-state index contributed by atoms with van der Waals surface area (Å²) in [6.07, 6.45) is 7.12. The summed E-state index contributed by atoms with van der Waals surface area (Å²) < 4.78 is 1.99. The molecule has 1 amide bonds. The van der Waals surface area contributed by atoms with Crippen molar-refractivity contribution in [3.05, 3.63) is 41.2 Å². The number of carbonyl (C=O) groups excluding carboxylic acids is 1. The summed E-state index contributed by atoms with van der Waals surface area (Å²) in [6.45, 7) is 8.43. The summed E-state index contributed by atoms with van der Waals surface area (Å²) in [5.74, 6) is 0.549. The number of carbonyl (C=O) groups is 1. The fourth-order valence-corrected chi connectivity index (χ4v) is 3.56. The van der Waals surface area contributed by atoms with Crippen molar-refractivity contribution in [2.45, 2.75) is 58.9 Å². The number of nitrogens with zero attached hydrogens (tertiary/aromatic N) is 5. The van der Waals surface area contributed by atoms with E-state index in [1.807, 2.05) is 29.6 Å². The first-order chi connectivity index (χ1) is 12.0. The van der Waals surface area contributed by atoms with E-state index >= 15 is 0 Å². The first kappa shape index (κ1) is 17.6. The number of rotatable bonds is 5. The van der Waals surface area contributed by atoms with Gasteiger partial charge in [-0.05, 0) is 46.1 Å². The third-order valence-corrected chi connectivity index (χ3v) is 4.83. The zero-order valence-corrected chi connectivity index (χ0v) is 15.4. The van der Waals surface area contributed by atoms with Gasteiger partial charge in [0.25, 0.3) is 0 Å². The average Bonchev–Trinajstić information content (AvgIpc) is 2.92.